The third-order valence-corrected chi connectivity index (χ3v) is 5.56. The Kier molecular flexibility index (Phi) is 5.64. The van der Waals surface area contributed by atoms with Crippen molar-refractivity contribution < 1.29 is 5.11 Å². The Balaban J connectivity index is 1.47. The molecule has 1 saturated heterocycles. The number of thiazole rings is 1. The topological polar surface area (TPSA) is 39.6 Å². The molecule has 1 fully saturated rings. The van der Waals surface area contributed by atoms with Crippen molar-refractivity contribution in [2.24, 2.45) is 5.92 Å². The van der Waals surface area contributed by atoms with Crippen molar-refractivity contribution in [2.45, 2.75) is 32.4 Å². The van der Waals surface area contributed by atoms with Gasteiger partial charge in [0.25, 0.3) is 0 Å². The molecule has 5 heteroatoms. The van der Waals surface area contributed by atoms with Gasteiger partial charge in [0.05, 0.1) is 22.9 Å². The van der Waals surface area contributed by atoms with E-state index in [-0.39, 0.29) is 6.10 Å². The Labute approximate surface area is 142 Å². The quantitative estimate of drug-likeness (QED) is 0.882. The zero-order valence-electron chi connectivity index (χ0n) is 14.1. The third-order valence-electron chi connectivity index (χ3n) is 4.54. The van der Waals surface area contributed by atoms with Gasteiger partial charge in [-0.05, 0) is 58.0 Å². The first-order chi connectivity index (χ1) is 11.1. The van der Waals surface area contributed by atoms with Gasteiger partial charge in [0.15, 0.2) is 0 Å². The molecule has 1 atom stereocenters. The summed E-state index contributed by atoms with van der Waals surface area (Å²) in [5.74, 6) is 0.764. The summed E-state index contributed by atoms with van der Waals surface area (Å²) in [5.41, 5.74) is 1.12. The molecule has 0 bridgehead atoms. The normalized spacial score (nSPS) is 18.8. The first-order valence-electron chi connectivity index (χ1n) is 8.53. The minimum atomic E-state index is -0.215. The van der Waals surface area contributed by atoms with Crippen molar-refractivity contribution >= 4 is 21.6 Å². The maximum Gasteiger partial charge on any atom is 0.108 e. The van der Waals surface area contributed by atoms with Gasteiger partial charge in [0.2, 0.25) is 0 Å². The van der Waals surface area contributed by atoms with E-state index in [1.165, 1.54) is 22.5 Å². The van der Waals surface area contributed by atoms with Crippen molar-refractivity contribution in [3.05, 3.63) is 29.3 Å². The van der Waals surface area contributed by atoms with Gasteiger partial charge < -0.3 is 10.0 Å². The minimum absolute atomic E-state index is 0.215. The van der Waals surface area contributed by atoms with Gasteiger partial charge in [-0.2, -0.15) is 0 Å². The van der Waals surface area contributed by atoms with Gasteiger partial charge in [-0.1, -0.05) is 12.1 Å². The number of hydrogen-bond acceptors (Lipinski definition) is 5. The van der Waals surface area contributed by atoms with Crippen LogP contribution in [0.3, 0.4) is 0 Å². The van der Waals surface area contributed by atoms with E-state index >= 15 is 0 Å². The Bertz CT molecular complexity index is 587. The summed E-state index contributed by atoms with van der Waals surface area (Å²) in [5, 5.41) is 10.7. The Morgan fingerprint density at radius 2 is 2.09 bits per heavy atom. The van der Waals surface area contributed by atoms with Crippen LogP contribution in [0.1, 0.15) is 24.8 Å². The van der Waals surface area contributed by atoms with Gasteiger partial charge in [0.1, 0.15) is 5.01 Å². The molecule has 0 spiro atoms. The molecule has 0 radical (unpaired) electrons. The molecule has 126 valence electrons. The van der Waals surface area contributed by atoms with Gasteiger partial charge in [0, 0.05) is 13.1 Å². The number of β-amino-alcohol motifs (C(OH)–C–C–N with tert-alkyl or cyclic N) is 1. The van der Waals surface area contributed by atoms with Crippen LogP contribution in [0.15, 0.2) is 24.3 Å². The maximum absolute atomic E-state index is 9.48. The lowest BCUT2D eigenvalue weighted by molar-refractivity contribution is 0.0919. The van der Waals surface area contributed by atoms with Gasteiger partial charge in [-0.25, -0.2) is 4.98 Å². The number of aliphatic hydroxyl groups excluding tert-OH is 1. The van der Waals surface area contributed by atoms with Crippen molar-refractivity contribution in [2.75, 3.05) is 33.2 Å². The standard InChI is InChI=1S/C18H27N3OS/c1-14(22)11-21-9-7-15(8-10-21)12-20(2)13-18-19-16-5-3-4-6-17(16)23-18/h3-6,14-15,22H,7-13H2,1-2H3. The summed E-state index contributed by atoms with van der Waals surface area (Å²) in [6.45, 7) is 6.99. The number of nitrogens with zero attached hydrogens (tertiary/aromatic N) is 3. The number of aromatic nitrogens is 1. The monoisotopic (exact) mass is 333 g/mol. The smallest absolute Gasteiger partial charge is 0.108 e. The lowest BCUT2D eigenvalue weighted by Crippen LogP contribution is -2.40. The number of likely N-dealkylation sites (tertiary alicyclic amines) is 1. The molecular formula is C18H27N3OS. The van der Waals surface area contributed by atoms with Crippen LogP contribution in [-0.4, -0.2) is 59.2 Å². The van der Waals surface area contributed by atoms with E-state index in [9.17, 15) is 5.11 Å². The van der Waals surface area contributed by atoms with Crippen LogP contribution in [0, 0.1) is 5.92 Å². The van der Waals surface area contributed by atoms with E-state index in [0.29, 0.717) is 0 Å². The second kappa shape index (κ2) is 7.71. The average Bonchev–Trinajstić information content (AvgIpc) is 2.90. The van der Waals surface area contributed by atoms with Crippen molar-refractivity contribution in [1.29, 1.82) is 0 Å². The third kappa shape index (κ3) is 4.73. The second-order valence-corrected chi connectivity index (χ2v) is 7.98. The second-order valence-electron chi connectivity index (χ2n) is 6.87. The highest BCUT2D eigenvalue weighted by Crippen LogP contribution is 2.23. The molecule has 2 aromatic rings. The molecule has 4 nitrogen and oxygen atoms in total. The van der Waals surface area contributed by atoms with Crippen LogP contribution in [0.4, 0.5) is 0 Å². The van der Waals surface area contributed by atoms with Crippen LogP contribution in [0.2, 0.25) is 0 Å². The molecule has 0 aliphatic carbocycles. The van der Waals surface area contributed by atoms with Gasteiger partial charge >= 0.3 is 0 Å². The molecule has 1 unspecified atom stereocenters. The largest absolute Gasteiger partial charge is 0.392 e. The molecule has 2 heterocycles. The summed E-state index contributed by atoms with van der Waals surface area (Å²) in [6, 6.07) is 8.37. The first-order valence-corrected chi connectivity index (χ1v) is 9.35. The fraction of sp³-hybridized carbons (Fsp3) is 0.611. The van der Waals surface area contributed by atoms with Crippen LogP contribution < -0.4 is 0 Å². The lowest BCUT2D eigenvalue weighted by Gasteiger charge is -2.34. The number of aliphatic hydroxyl groups is 1. The van der Waals surface area contributed by atoms with Gasteiger partial charge in [-0.15, -0.1) is 11.3 Å². The molecule has 1 aliphatic heterocycles. The predicted octanol–water partition coefficient (Wildman–Crippen LogP) is 2.82. The molecule has 3 rings (SSSR count). The summed E-state index contributed by atoms with van der Waals surface area (Å²) in [4.78, 5) is 9.52. The molecule has 1 aromatic heterocycles. The Morgan fingerprint density at radius 3 is 2.78 bits per heavy atom. The van der Waals surface area contributed by atoms with E-state index in [0.717, 1.165) is 44.2 Å². The molecular weight excluding hydrogens is 306 g/mol. The number of para-hydroxylation sites is 1. The van der Waals surface area contributed by atoms with Crippen LogP contribution in [0.5, 0.6) is 0 Å². The van der Waals surface area contributed by atoms with E-state index in [4.69, 9.17) is 4.98 Å². The Morgan fingerprint density at radius 1 is 1.35 bits per heavy atom. The van der Waals surface area contributed by atoms with E-state index in [1.807, 2.05) is 6.92 Å². The van der Waals surface area contributed by atoms with Crippen LogP contribution >= 0.6 is 11.3 Å². The summed E-state index contributed by atoms with van der Waals surface area (Å²) in [7, 11) is 2.20. The molecule has 0 amide bonds. The van der Waals surface area contributed by atoms with Gasteiger partial charge in [-0.3, -0.25) is 4.90 Å². The van der Waals surface area contributed by atoms with Crippen LogP contribution in [-0.2, 0) is 6.54 Å². The minimum Gasteiger partial charge on any atom is -0.392 e. The number of piperidine rings is 1. The van der Waals surface area contributed by atoms with Crippen LogP contribution in [0.25, 0.3) is 10.2 Å². The predicted molar refractivity (Wildman–Crippen MR) is 96.8 cm³/mol. The molecule has 1 N–H and O–H groups in total. The maximum atomic E-state index is 9.48. The molecule has 1 aromatic carbocycles. The molecule has 0 saturated carbocycles. The average molecular weight is 334 g/mol. The fourth-order valence-electron chi connectivity index (χ4n) is 3.45. The zero-order valence-corrected chi connectivity index (χ0v) is 14.9. The lowest BCUT2D eigenvalue weighted by atomic mass is 9.96. The molecule has 1 aliphatic rings. The van der Waals surface area contributed by atoms with Crippen molar-refractivity contribution in [1.82, 2.24) is 14.8 Å². The summed E-state index contributed by atoms with van der Waals surface area (Å²) >= 11 is 1.81. The van der Waals surface area contributed by atoms with E-state index in [1.54, 1.807) is 11.3 Å². The van der Waals surface area contributed by atoms with Crippen molar-refractivity contribution in [3.63, 3.8) is 0 Å². The zero-order chi connectivity index (χ0) is 16.2. The number of hydrogen-bond donors (Lipinski definition) is 1. The fourth-order valence-corrected chi connectivity index (χ4v) is 4.50. The first kappa shape index (κ1) is 16.8. The van der Waals surface area contributed by atoms with E-state index in [2.05, 4.69) is 41.1 Å². The highest BCUT2D eigenvalue weighted by atomic mass is 32.1. The number of rotatable bonds is 6. The summed E-state index contributed by atoms with van der Waals surface area (Å²) in [6.07, 6.45) is 2.25. The highest BCUT2D eigenvalue weighted by Gasteiger charge is 2.21. The Hall–Kier alpha value is -1.01. The SMILES string of the molecule is CC(O)CN1CCC(CN(C)Cc2nc3ccccc3s2)CC1. The van der Waals surface area contributed by atoms with Crippen molar-refractivity contribution in [3.8, 4) is 0 Å². The number of benzene rings is 1. The number of fused-ring (bicyclic) bond motifs is 1. The molecule has 23 heavy (non-hydrogen) atoms. The summed E-state index contributed by atoms with van der Waals surface area (Å²) < 4.78 is 1.28. The van der Waals surface area contributed by atoms with E-state index < -0.39 is 0 Å². The highest BCUT2D eigenvalue weighted by molar-refractivity contribution is 7.18.